The number of methoxy groups -OCH3 is 2. The summed E-state index contributed by atoms with van der Waals surface area (Å²) >= 11 is 1.43. The first-order valence-electron chi connectivity index (χ1n) is 6.59. The molecule has 0 bridgehead atoms. The predicted molar refractivity (Wildman–Crippen MR) is 80.7 cm³/mol. The van der Waals surface area contributed by atoms with Crippen LogP contribution in [0.1, 0.15) is 10.6 Å². The van der Waals surface area contributed by atoms with Crippen LogP contribution < -0.4 is 10.1 Å². The quantitative estimate of drug-likeness (QED) is 0.717. The highest BCUT2D eigenvalue weighted by molar-refractivity contribution is 7.13. The Bertz CT molecular complexity index is 548. The molecule has 0 aliphatic carbocycles. The summed E-state index contributed by atoms with van der Waals surface area (Å²) in [4.78, 5) is 0. The molecular weight excluding hydrogens is 290 g/mol. The standard InChI is InChI=1S/C14H19N3O3S/c1-18-7-6-15-9-13-16-17-14(21-13)20-12-5-3-4-11(8-12)10-19-2/h3-5,8,15H,6-7,9-10H2,1-2H3. The third kappa shape index (κ3) is 5.39. The topological polar surface area (TPSA) is 65.5 Å². The SMILES string of the molecule is COCCNCc1nnc(Oc2cccc(COC)c2)s1. The summed E-state index contributed by atoms with van der Waals surface area (Å²) in [5, 5.41) is 12.7. The minimum absolute atomic E-state index is 0.535. The van der Waals surface area contributed by atoms with Gasteiger partial charge in [0.1, 0.15) is 10.8 Å². The molecule has 0 saturated carbocycles. The number of rotatable bonds is 9. The van der Waals surface area contributed by atoms with E-state index in [1.807, 2.05) is 24.3 Å². The van der Waals surface area contributed by atoms with Crippen molar-refractivity contribution in [2.45, 2.75) is 13.2 Å². The van der Waals surface area contributed by atoms with Gasteiger partial charge in [-0.2, -0.15) is 0 Å². The first-order valence-corrected chi connectivity index (χ1v) is 7.41. The number of nitrogens with one attached hydrogen (secondary N) is 1. The van der Waals surface area contributed by atoms with E-state index in [-0.39, 0.29) is 0 Å². The zero-order chi connectivity index (χ0) is 14.9. The molecule has 2 rings (SSSR count). The highest BCUT2D eigenvalue weighted by Crippen LogP contribution is 2.25. The number of nitrogens with zero attached hydrogens (tertiary/aromatic N) is 2. The Kier molecular flexibility index (Phi) is 6.55. The minimum Gasteiger partial charge on any atom is -0.430 e. The predicted octanol–water partition coefficient (Wildman–Crippen LogP) is 2.21. The van der Waals surface area contributed by atoms with Gasteiger partial charge in [0.05, 0.1) is 13.2 Å². The van der Waals surface area contributed by atoms with E-state index in [0.29, 0.717) is 25.0 Å². The van der Waals surface area contributed by atoms with Crippen molar-refractivity contribution < 1.29 is 14.2 Å². The van der Waals surface area contributed by atoms with Crippen LogP contribution in [0.4, 0.5) is 0 Å². The second-order valence-corrected chi connectivity index (χ2v) is 5.34. The lowest BCUT2D eigenvalue weighted by Gasteiger charge is -2.03. The molecule has 0 unspecified atom stereocenters. The summed E-state index contributed by atoms with van der Waals surface area (Å²) < 4.78 is 15.8. The van der Waals surface area contributed by atoms with Crippen molar-refractivity contribution in [1.29, 1.82) is 0 Å². The molecule has 0 radical (unpaired) electrons. The Labute approximate surface area is 128 Å². The van der Waals surface area contributed by atoms with Crippen molar-refractivity contribution in [3.63, 3.8) is 0 Å². The van der Waals surface area contributed by atoms with E-state index in [1.165, 1.54) is 11.3 Å². The van der Waals surface area contributed by atoms with Gasteiger partial charge >= 0.3 is 0 Å². The van der Waals surface area contributed by atoms with Crippen molar-refractivity contribution in [3.8, 4) is 10.9 Å². The molecule has 0 fully saturated rings. The minimum atomic E-state index is 0.535. The summed E-state index contributed by atoms with van der Waals surface area (Å²) in [6.07, 6.45) is 0. The maximum Gasteiger partial charge on any atom is 0.299 e. The van der Waals surface area contributed by atoms with Crippen LogP contribution >= 0.6 is 11.3 Å². The highest BCUT2D eigenvalue weighted by atomic mass is 32.1. The number of hydrogen-bond donors (Lipinski definition) is 1. The van der Waals surface area contributed by atoms with Crippen LogP contribution in [0.2, 0.25) is 0 Å². The first kappa shape index (κ1) is 15.8. The van der Waals surface area contributed by atoms with Crippen molar-refractivity contribution in [2.24, 2.45) is 0 Å². The van der Waals surface area contributed by atoms with E-state index >= 15 is 0 Å². The Morgan fingerprint density at radius 1 is 1.19 bits per heavy atom. The number of ether oxygens (including phenoxy) is 3. The molecule has 1 aromatic heterocycles. The van der Waals surface area contributed by atoms with Gasteiger partial charge < -0.3 is 19.5 Å². The van der Waals surface area contributed by atoms with Crippen LogP contribution in [0.15, 0.2) is 24.3 Å². The van der Waals surface area contributed by atoms with Crippen LogP contribution in [0.25, 0.3) is 0 Å². The second kappa shape index (κ2) is 8.68. The molecule has 21 heavy (non-hydrogen) atoms. The number of hydrogen-bond acceptors (Lipinski definition) is 7. The maximum absolute atomic E-state index is 5.71. The molecule has 0 amide bonds. The monoisotopic (exact) mass is 309 g/mol. The van der Waals surface area contributed by atoms with Crippen LogP contribution in [0.3, 0.4) is 0 Å². The van der Waals surface area contributed by atoms with Crippen molar-refractivity contribution in [2.75, 3.05) is 27.4 Å². The van der Waals surface area contributed by atoms with Crippen molar-refractivity contribution in [1.82, 2.24) is 15.5 Å². The van der Waals surface area contributed by atoms with Crippen molar-refractivity contribution >= 4 is 11.3 Å². The Balaban J connectivity index is 1.88. The molecule has 2 aromatic rings. The maximum atomic E-state index is 5.71. The molecular formula is C14H19N3O3S. The second-order valence-electron chi connectivity index (χ2n) is 4.31. The summed E-state index contributed by atoms with van der Waals surface area (Å²) in [6.45, 7) is 2.68. The first-order chi connectivity index (χ1) is 10.3. The smallest absolute Gasteiger partial charge is 0.299 e. The number of aromatic nitrogens is 2. The van der Waals surface area contributed by atoms with Gasteiger partial charge in [0.25, 0.3) is 5.19 Å². The lowest BCUT2D eigenvalue weighted by molar-refractivity contribution is 0.184. The van der Waals surface area contributed by atoms with Gasteiger partial charge in [-0.15, -0.1) is 5.10 Å². The van der Waals surface area contributed by atoms with E-state index in [1.54, 1.807) is 14.2 Å². The normalized spacial score (nSPS) is 10.8. The van der Waals surface area contributed by atoms with E-state index in [9.17, 15) is 0 Å². The zero-order valence-corrected chi connectivity index (χ0v) is 13.0. The summed E-state index contributed by atoms with van der Waals surface area (Å²) in [6, 6.07) is 7.73. The van der Waals surface area contributed by atoms with Gasteiger partial charge in [0, 0.05) is 27.3 Å². The van der Waals surface area contributed by atoms with E-state index < -0.39 is 0 Å². The molecule has 0 spiro atoms. The van der Waals surface area contributed by atoms with Crippen LogP contribution in [0, 0.1) is 0 Å². The fourth-order valence-electron chi connectivity index (χ4n) is 1.69. The fourth-order valence-corrected chi connectivity index (χ4v) is 2.36. The zero-order valence-electron chi connectivity index (χ0n) is 12.2. The molecule has 1 heterocycles. The molecule has 1 aromatic carbocycles. The molecule has 114 valence electrons. The van der Waals surface area contributed by atoms with Gasteiger partial charge in [-0.3, -0.25) is 0 Å². The Morgan fingerprint density at radius 3 is 2.90 bits per heavy atom. The Morgan fingerprint density at radius 2 is 2.10 bits per heavy atom. The van der Waals surface area contributed by atoms with Crippen LogP contribution in [-0.2, 0) is 22.6 Å². The summed E-state index contributed by atoms with van der Waals surface area (Å²) in [5.74, 6) is 0.736. The fraction of sp³-hybridized carbons (Fsp3) is 0.429. The van der Waals surface area contributed by atoms with E-state index in [2.05, 4.69) is 15.5 Å². The van der Waals surface area contributed by atoms with Gasteiger partial charge in [-0.1, -0.05) is 28.6 Å². The molecule has 0 atom stereocenters. The number of benzene rings is 1. The molecule has 0 aliphatic heterocycles. The van der Waals surface area contributed by atoms with E-state index in [0.717, 1.165) is 22.9 Å². The largest absolute Gasteiger partial charge is 0.430 e. The van der Waals surface area contributed by atoms with Crippen LogP contribution in [-0.4, -0.2) is 37.6 Å². The molecule has 1 N–H and O–H groups in total. The van der Waals surface area contributed by atoms with Gasteiger partial charge in [-0.05, 0) is 17.7 Å². The Hall–Kier alpha value is -1.54. The van der Waals surface area contributed by atoms with Gasteiger partial charge in [0.15, 0.2) is 0 Å². The third-order valence-electron chi connectivity index (χ3n) is 2.62. The lowest BCUT2D eigenvalue weighted by atomic mass is 10.2. The van der Waals surface area contributed by atoms with E-state index in [4.69, 9.17) is 14.2 Å². The average Bonchev–Trinajstić information content (AvgIpc) is 2.92. The highest BCUT2D eigenvalue weighted by Gasteiger charge is 2.06. The average molecular weight is 309 g/mol. The molecule has 6 nitrogen and oxygen atoms in total. The van der Waals surface area contributed by atoms with Crippen LogP contribution in [0.5, 0.6) is 10.9 Å². The van der Waals surface area contributed by atoms with Gasteiger partial charge in [0.2, 0.25) is 0 Å². The molecule has 0 saturated heterocycles. The molecule has 7 heteroatoms. The van der Waals surface area contributed by atoms with Crippen molar-refractivity contribution in [3.05, 3.63) is 34.8 Å². The molecule has 0 aliphatic rings. The van der Waals surface area contributed by atoms with Gasteiger partial charge in [-0.25, -0.2) is 0 Å². The summed E-state index contributed by atoms with van der Waals surface area (Å²) in [5.41, 5.74) is 1.06. The third-order valence-corrected chi connectivity index (χ3v) is 3.42. The summed E-state index contributed by atoms with van der Waals surface area (Å²) in [7, 11) is 3.34. The lowest BCUT2D eigenvalue weighted by Crippen LogP contribution is -2.18.